The maximum atomic E-state index is 12.5. The molecule has 0 atom stereocenters. The van der Waals surface area contributed by atoms with Crippen molar-refractivity contribution in [2.24, 2.45) is 7.05 Å². The number of amides is 1. The zero-order valence-corrected chi connectivity index (χ0v) is 18.0. The van der Waals surface area contributed by atoms with E-state index >= 15 is 0 Å². The van der Waals surface area contributed by atoms with Crippen molar-refractivity contribution in [2.75, 3.05) is 5.32 Å². The predicted molar refractivity (Wildman–Crippen MR) is 113 cm³/mol. The highest BCUT2D eigenvalue weighted by molar-refractivity contribution is 7.14. The van der Waals surface area contributed by atoms with Crippen LogP contribution in [0.1, 0.15) is 34.8 Å². The van der Waals surface area contributed by atoms with Gasteiger partial charge in [0.05, 0.1) is 5.69 Å². The van der Waals surface area contributed by atoms with Crippen LogP contribution in [0.5, 0.6) is 0 Å². The Morgan fingerprint density at radius 2 is 1.97 bits per heavy atom. The van der Waals surface area contributed by atoms with Gasteiger partial charge in [-0.25, -0.2) is 14.5 Å². The number of aromatic nitrogens is 6. The summed E-state index contributed by atoms with van der Waals surface area (Å²) in [6, 6.07) is 2.12. The van der Waals surface area contributed by atoms with Crippen LogP contribution in [0.25, 0.3) is 17.0 Å². The minimum Gasteiger partial charge on any atom is -0.351 e. The Bertz CT molecular complexity index is 1220. The molecule has 0 radical (unpaired) electrons. The smallest absolute Gasteiger partial charge is 0.252 e. The van der Waals surface area contributed by atoms with Gasteiger partial charge in [-0.05, 0) is 45.7 Å². The first-order valence-electron chi connectivity index (χ1n) is 9.39. The lowest BCUT2D eigenvalue weighted by atomic mass is 10.1. The molecule has 0 bridgehead atoms. The molecule has 150 valence electrons. The third-order valence-corrected chi connectivity index (χ3v) is 6.15. The molecular formula is C20H23N7OS. The number of hydrogen-bond donors (Lipinski definition) is 1. The first-order chi connectivity index (χ1) is 13.8. The quantitative estimate of drug-likeness (QED) is 0.546. The third-order valence-electron chi connectivity index (χ3n) is 5.39. The number of aryl methyl sites for hydroxylation is 3. The minimum absolute atomic E-state index is 0.0654. The number of thiazole rings is 1. The second kappa shape index (κ2) is 7.40. The number of rotatable bonds is 5. The summed E-state index contributed by atoms with van der Waals surface area (Å²) in [7, 11) is 2.04. The van der Waals surface area contributed by atoms with Crippen molar-refractivity contribution in [1.82, 2.24) is 29.1 Å². The van der Waals surface area contributed by atoms with Crippen LogP contribution >= 0.6 is 11.3 Å². The molecular weight excluding hydrogens is 386 g/mol. The SMILES string of the molecule is Cc1nc2ncnn2c(C)c1CCC(=O)Nc1nc(-c2cc(C)n(C)c2C)cs1. The second-order valence-corrected chi connectivity index (χ2v) is 8.02. The number of nitrogens with one attached hydrogen (secondary N) is 1. The predicted octanol–water partition coefficient (Wildman–Crippen LogP) is 3.39. The lowest BCUT2D eigenvalue weighted by molar-refractivity contribution is -0.116. The molecule has 0 aliphatic heterocycles. The van der Waals surface area contributed by atoms with E-state index in [0.717, 1.165) is 33.9 Å². The first kappa shape index (κ1) is 19.3. The monoisotopic (exact) mass is 409 g/mol. The number of carbonyl (C=O) groups is 1. The fourth-order valence-electron chi connectivity index (χ4n) is 3.51. The normalized spacial score (nSPS) is 11.3. The van der Waals surface area contributed by atoms with E-state index in [2.05, 4.69) is 49.8 Å². The summed E-state index contributed by atoms with van der Waals surface area (Å²) < 4.78 is 3.84. The molecule has 4 rings (SSSR count). The van der Waals surface area contributed by atoms with Crippen LogP contribution in [-0.2, 0) is 18.3 Å². The topological polar surface area (TPSA) is 90.0 Å². The maximum absolute atomic E-state index is 12.5. The first-order valence-corrected chi connectivity index (χ1v) is 10.3. The van der Waals surface area contributed by atoms with Crippen LogP contribution in [0.15, 0.2) is 17.8 Å². The highest BCUT2D eigenvalue weighted by Gasteiger charge is 2.15. The number of fused-ring (bicyclic) bond motifs is 1. The van der Waals surface area contributed by atoms with Crippen LogP contribution in [0, 0.1) is 27.7 Å². The van der Waals surface area contributed by atoms with Gasteiger partial charge < -0.3 is 9.88 Å². The van der Waals surface area contributed by atoms with Crippen LogP contribution in [0.2, 0.25) is 0 Å². The largest absolute Gasteiger partial charge is 0.351 e. The van der Waals surface area contributed by atoms with Gasteiger partial charge in [0.15, 0.2) is 5.13 Å². The Hall–Kier alpha value is -3.07. The van der Waals surface area contributed by atoms with Crippen molar-refractivity contribution < 1.29 is 4.79 Å². The molecule has 4 aromatic heterocycles. The fraction of sp³-hybridized carbons (Fsp3) is 0.350. The highest BCUT2D eigenvalue weighted by Crippen LogP contribution is 2.29. The van der Waals surface area contributed by atoms with Crippen molar-refractivity contribution in [2.45, 2.75) is 40.5 Å². The summed E-state index contributed by atoms with van der Waals surface area (Å²) in [6.45, 7) is 8.05. The number of anilines is 1. The Morgan fingerprint density at radius 3 is 2.69 bits per heavy atom. The van der Waals surface area contributed by atoms with Gasteiger partial charge in [0.25, 0.3) is 5.78 Å². The van der Waals surface area contributed by atoms with E-state index in [-0.39, 0.29) is 5.91 Å². The molecule has 4 aromatic rings. The van der Waals surface area contributed by atoms with E-state index in [9.17, 15) is 4.79 Å². The van der Waals surface area contributed by atoms with E-state index in [1.54, 1.807) is 4.52 Å². The van der Waals surface area contributed by atoms with Crippen LogP contribution in [-0.4, -0.2) is 35.0 Å². The van der Waals surface area contributed by atoms with Crippen LogP contribution in [0.3, 0.4) is 0 Å². The van der Waals surface area contributed by atoms with Gasteiger partial charge in [0, 0.05) is 47.2 Å². The van der Waals surface area contributed by atoms with E-state index in [4.69, 9.17) is 0 Å². The van der Waals surface area contributed by atoms with Gasteiger partial charge in [0.2, 0.25) is 5.91 Å². The molecule has 0 unspecified atom stereocenters. The molecule has 0 saturated heterocycles. The minimum atomic E-state index is -0.0654. The summed E-state index contributed by atoms with van der Waals surface area (Å²) in [6.07, 6.45) is 2.42. The molecule has 0 aromatic carbocycles. The molecule has 0 saturated carbocycles. The Labute approximate surface area is 172 Å². The lowest BCUT2D eigenvalue weighted by Crippen LogP contribution is -2.14. The van der Waals surface area contributed by atoms with Gasteiger partial charge in [-0.15, -0.1) is 11.3 Å². The van der Waals surface area contributed by atoms with Crippen molar-refractivity contribution in [3.63, 3.8) is 0 Å². The molecule has 1 N–H and O–H groups in total. The van der Waals surface area contributed by atoms with Crippen molar-refractivity contribution >= 4 is 28.2 Å². The summed E-state index contributed by atoms with van der Waals surface area (Å²) >= 11 is 1.44. The Balaban J connectivity index is 1.45. The number of hydrogen-bond acceptors (Lipinski definition) is 6. The number of nitrogens with zero attached hydrogens (tertiary/aromatic N) is 6. The van der Waals surface area contributed by atoms with E-state index in [1.165, 1.54) is 23.4 Å². The van der Waals surface area contributed by atoms with Gasteiger partial charge in [-0.3, -0.25) is 4.79 Å². The summed E-state index contributed by atoms with van der Waals surface area (Å²) in [5, 5.41) is 9.71. The molecule has 29 heavy (non-hydrogen) atoms. The van der Waals surface area contributed by atoms with E-state index in [0.29, 0.717) is 23.8 Å². The van der Waals surface area contributed by atoms with Crippen molar-refractivity contribution in [1.29, 1.82) is 0 Å². The second-order valence-electron chi connectivity index (χ2n) is 7.16. The molecule has 0 aliphatic rings. The molecule has 8 nitrogen and oxygen atoms in total. The molecule has 1 amide bonds. The third kappa shape index (κ3) is 3.53. The van der Waals surface area contributed by atoms with Gasteiger partial charge in [0.1, 0.15) is 6.33 Å². The molecule has 0 spiro atoms. The zero-order valence-electron chi connectivity index (χ0n) is 17.1. The fourth-order valence-corrected chi connectivity index (χ4v) is 4.23. The average Bonchev–Trinajstić information content (AvgIpc) is 3.38. The summed E-state index contributed by atoms with van der Waals surface area (Å²) in [5.74, 6) is 0.513. The molecule has 0 aliphatic carbocycles. The van der Waals surface area contributed by atoms with Gasteiger partial charge in [-0.2, -0.15) is 10.1 Å². The van der Waals surface area contributed by atoms with Gasteiger partial charge in [-0.1, -0.05) is 0 Å². The lowest BCUT2D eigenvalue weighted by Gasteiger charge is -2.10. The molecule has 9 heteroatoms. The Morgan fingerprint density at radius 1 is 1.17 bits per heavy atom. The number of carbonyl (C=O) groups excluding carboxylic acids is 1. The van der Waals surface area contributed by atoms with Crippen molar-refractivity contribution in [3.8, 4) is 11.3 Å². The van der Waals surface area contributed by atoms with Crippen molar-refractivity contribution in [3.05, 3.63) is 46.1 Å². The van der Waals surface area contributed by atoms with Crippen LogP contribution < -0.4 is 5.32 Å². The van der Waals surface area contributed by atoms with Crippen LogP contribution in [0.4, 0.5) is 5.13 Å². The average molecular weight is 410 g/mol. The van der Waals surface area contributed by atoms with E-state index in [1.807, 2.05) is 26.3 Å². The maximum Gasteiger partial charge on any atom is 0.252 e. The molecule has 0 fully saturated rings. The standard InChI is InChI=1S/C20H23N7OS/c1-11-8-16(13(3)26(11)5)17-9-29-20(24-17)25-18(28)7-6-15-12(2)23-19-21-10-22-27(19)14(15)4/h8-10H,6-7H2,1-5H3,(H,24,25,28). The summed E-state index contributed by atoms with van der Waals surface area (Å²) in [4.78, 5) is 25.7. The Kier molecular flexibility index (Phi) is 4.91. The zero-order chi connectivity index (χ0) is 20.7. The van der Waals surface area contributed by atoms with E-state index < -0.39 is 0 Å². The molecule has 4 heterocycles. The van der Waals surface area contributed by atoms with Gasteiger partial charge >= 0.3 is 0 Å². The summed E-state index contributed by atoms with van der Waals surface area (Å²) in [5.41, 5.74) is 7.19. The highest BCUT2D eigenvalue weighted by atomic mass is 32.1.